The molecule has 0 radical (unpaired) electrons. The Morgan fingerprint density at radius 3 is 2.22 bits per heavy atom. The number of hydrogen-bond donors (Lipinski definition) is 0. The lowest BCUT2D eigenvalue weighted by Crippen LogP contribution is -2.54. The number of carbonyl (C=O) groups is 2. The molecule has 0 aromatic carbocycles. The van der Waals surface area contributed by atoms with Crippen LogP contribution in [0.5, 0.6) is 0 Å². The monoisotopic (exact) mass is 261 g/mol. The van der Waals surface area contributed by atoms with Crippen LogP contribution in [-0.2, 0) is 28.5 Å². The van der Waals surface area contributed by atoms with Gasteiger partial charge in [0.15, 0.2) is 0 Å². The van der Waals surface area contributed by atoms with E-state index in [1.165, 1.54) is 33.3 Å². The van der Waals surface area contributed by atoms with Crippen LogP contribution in [0.15, 0.2) is 0 Å². The molecular formula is C11H19NO6. The minimum absolute atomic E-state index is 0.0993. The van der Waals surface area contributed by atoms with Crippen LogP contribution < -0.4 is 0 Å². The predicted molar refractivity (Wildman–Crippen MR) is 60.5 cm³/mol. The van der Waals surface area contributed by atoms with E-state index < -0.39 is 23.9 Å². The van der Waals surface area contributed by atoms with Gasteiger partial charge in [-0.25, -0.2) is 4.90 Å². The fourth-order valence-corrected chi connectivity index (χ4v) is 2.19. The Balaban J connectivity index is 2.95. The molecule has 0 spiro atoms. The van der Waals surface area contributed by atoms with Gasteiger partial charge in [0.05, 0.1) is 14.2 Å². The Kier molecular flexibility index (Phi) is 5.06. The summed E-state index contributed by atoms with van der Waals surface area (Å²) in [6.07, 6.45) is 0.960. The molecule has 0 saturated carbocycles. The first-order valence-corrected chi connectivity index (χ1v) is 5.56. The number of esters is 2. The van der Waals surface area contributed by atoms with Gasteiger partial charge in [0, 0.05) is 20.6 Å². The average molecular weight is 261 g/mol. The van der Waals surface area contributed by atoms with Gasteiger partial charge in [-0.05, 0) is 6.42 Å². The van der Waals surface area contributed by atoms with Crippen molar-refractivity contribution in [2.75, 3.05) is 35.0 Å². The first kappa shape index (κ1) is 14.9. The second kappa shape index (κ2) is 6.12. The van der Waals surface area contributed by atoms with E-state index in [0.29, 0.717) is 12.8 Å². The Morgan fingerprint density at radius 2 is 1.78 bits per heavy atom. The Labute approximate surface area is 106 Å². The fourth-order valence-electron chi connectivity index (χ4n) is 2.19. The summed E-state index contributed by atoms with van der Waals surface area (Å²) in [5, 5.41) is 0. The maximum atomic E-state index is 11.7. The summed E-state index contributed by atoms with van der Waals surface area (Å²) in [6.45, 7) is -0.0993. The summed E-state index contributed by atoms with van der Waals surface area (Å²) < 4.78 is 20.0. The lowest BCUT2D eigenvalue weighted by Gasteiger charge is -2.36. The van der Waals surface area contributed by atoms with Crippen LogP contribution in [0, 0.1) is 0 Å². The average Bonchev–Trinajstić information content (AvgIpc) is 2.76. The lowest BCUT2D eigenvalue weighted by molar-refractivity contribution is -0.284. The molecule has 1 saturated heterocycles. The van der Waals surface area contributed by atoms with Gasteiger partial charge in [0.1, 0.15) is 12.6 Å². The number of ether oxygens (including phenoxy) is 4. The molecule has 0 aliphatic carbocycles. The summed E-state index contributed by atoms with van der Waals surface area (Å²) in [7, 11) is 5.52. The number of hydrogen-bond acceptors (Lipinski definition) is 7. The van der Waals surface area contributed by atoms with E-state index in [2.05, 4.69) is 4.74 Å². The molecular weight excluding hydrogens is 242 g/mol. The molecule has 1 heterocycles. The molecule has 1 aliphatic heterocycles. The number of nitrogens with zero attached hydrogens (tertiary/aromatic N) is 1. The van der Waals surface area contributed by atoms with Crippen LogP contribution in [0.1, 0.15) is 12.8 Å². The fraction of sp³-hybridized carbons (Fsp3) is 0.818. The minimum Gasteiger partial charge on any atom is -0.468 e. The van der Waals surface area contributed by atoms with E-state index >= 15 is 0 Å². The highest BCUT2D eigenvalue weighted by Crippen LogP contribution is 2.35. The van der Waals surface area contributed by atoms with Crippen molar-refractivity contribution in [2.45, 2.75) is 24.8 Å². The van der Waals surface area contributed by atoms with Crippen LogP contribution in [0.25, 0.3) is 0 Å². The Morgan fingerprint density at radius 1 is 1.17 bits per heavy atom. The second-order valence-electron chi connectivity index (χ2n) is 3.90. The molecule has 0 aromatic heterocycles. The number of rotatable bonds is 5. The van der Waals surface area contributed by atoms with Crippen LogP contribution in [-0.4, -0.2) is 63.8 Å². The third-order valence-electron chi connectivity index (χ3n) is 3.19. The zero-order valence-corrected chi connectivity index (χ0v) is 11.1. The van der Waals surface area contributed by atoms with Crippen LogP contribution in [0.2, 0.25) is 0 Å². The topological polar surface area (TPSA) is 74.3 Å². The predicted octanol–water partition coefficient (Wildman–Crippen LogP) is -0.257. The van der Waals surface area contributed by atoms with Gasteiger partial charge in [-0.1, -0.05) is 0 Å². The molecule has 7 nitrogen and oxygen atoms in total. The summed E-state index contributed by atoms with van der Waals surface area (Å²) in [4.78, 5) is 24.6. The van der Waals surface area contributed by atoms with E-state index in [-0.39, 0.29) is 6.54 Å². The van der Waals surface area contributed by atoms with E-state index in [9.17, 15) is 9.59 Å². The molecule has 18 heavy (non-hydrogen) atoms. The summed E-state index contributed by atoms with van der Waals surface area (Å²) >= 11 is 0. The third-order valence-corrected chi connectivity index (χ3v) is 3.19. The van der Waals surface area contributed by atoms with Gasteiger partial charge in [-0.3, -0.25) is 9.59 Å². The van der Waals surface area contributed by atoms with Crippen molar-refractivity contribution in [1.82, 2.24) is 4.90 Å². The zero-order chi connectivity index (χ0) is 13.8. The lowest BCUT2D eigenvalue weighted by atomic mass is 10.2. The van der Waals surface area contributed by atoms with E-state index in [4.69, 9.17) is 14.2 Å². The molecule has 0 amide bonds. The van der Waals surface area contributed by atoms with Crippen LogP contribution >= 0.6 is 0 Å². The van der Waals surface area contributed by atoms with Gasteiger partial charge < -0.3 is 18.9 Å². The van der Waals surface area contributed by atoms with E-state index in [1.54, 1.807) is 0 Å². The normalized spacial score (nSPS) is 22.8. The highest BCUT2D eigenvalue weighted by molar-refractivity contribution is 5.78. The summed E-state index contributed by atoms with van der Waals surface area (Å²) in [6, 6.07) is -0.575. The van der Waals surface area contributed by atoms with Crippen LogP contribution in [0.3, 0.4) is 0 Å². The molecule has 1 aliphatic rings. The van der Waals surface area contributed by atoms with Gasteiger partial charge in [0.2, 0.25) is 5.91 Å². The molecule has 0 N–H and O–H groups in total. The van der Waals surface area contributed by atoms with Crippen molar-refractivity contribution in [2.24, 2.45) is 0 Å². The van der Waals surface area contributed by atoms with Crippen molar-refractivity contribution in [3.8, 4) is 0 Å². The molecule has 1 rings (SSSR count). The molecule has 1 atom stereocenters. The summed E-state index contributed by atoms with van der Waals surface area (Å²) in [5.74, 6) is -1.98. The number of likely N-dealkylation sites (tertiary alicyclic amines) is 1. The molecule has 0 bridgehead atoms. The SMILES string of the molecule is COC(=O)CN1[C@H](C(=O)OC)CCC1(OC)OC. The number of carbonyl (C=O) groups excluding carboxylic acids is 2. The minimum atomic E-state index is -1.09. The van der Waals surface area contributed by atoms with Crippen molar-refractivity contribution in [3.05, 3.63) is 0 Å². The zero-order valence-electron chi connectivity index (χ0n) is 11.1. The smallest absolute Gasteiger partial charge is 0.323 e. The van der Waals surface area contributed by atoms with Crippen molar-refractivity contribution in [1.29, 1.82) is 0 Å². The highest BCUT2D eigenvalue weighted by atomic mass is 16.7. The largest absolute Gasteiger partial charge is 0.468 e. The number of methoxy groups -OCH3 is 4. The van der Waals surface area contributed by atoms with Gasteiger partial charge in [-0.15, -0.1) is 0 Å². The standard InChI is InChI=1S/C11H19NO6/c1-15-9(13)7-12-8(10(14)16-2)5-6-11(12,17-3)18-4/h8H,5-7H2,1-4H3/t8-/m0/s1. The first-order valence-electron chi connectivity index (χ1n) is 5.56. The maximum absolute atomic E-state index is 11.7. The van der Waals surface area contributed by atoms with E-state index in [0.717, 1.165) is 0 Å². The second-order valence-corrected chi connectivity index (χ2v) is 3.90. The van der Waals surface area contributed by atoms with Gasteiger partial charge in [-0.2, -0.15) is 0 Å². The first-order chi connectivity index (χ1) is 8.54. The maximum Gasteiger partial charge on any atom is 0.323 e. The summed E-state index contributed by atoms with van der Waals surface area (Å²) in [5.41, 5.74) is 0. The molecule has 0 unspecified atom stereocenters. The van der Waals surface area contributed by atoms with Crippen molar-refractivity contribution < 1.29 is 28.5 Å². The molecule has 104 valence electrons. The van der Waals surface area contributed by atoms with Crippen molar-refractivity contribution in [3.63, 3.8) is 0 Å². The molecule has 1 fully saturated rings. The quantitative estimate of drug-likeness (QED) is 0.498. The highest BCUT2D eigenvalue weighted by Gasteiger charge is 2.51. The Bertz CT molecular complexity index is 315. The van der Waals surface area contributed by atoms with Gasteiger partial charge in [0.25, 0.3) is 0 Å². The van der Waals surface area contributed by atoms with Gasteiger partial charge >= 0.3 is 11.9 Å². The molecule has 7 heteroatoms. The Hall–Kier alpha value is -1.18. The van der Waals surface area contributed by atoms with Crippen molar-refractivity contribution >= 4 is 11.9 Å². The van der Waals surface area contributed by atoms with E-state index in [1.807, 2.05) is 0 Å². The third kappa shape index (κ3) is 2.63. The van der Waals surface area contributed by atoms with Crippen LogP contribution in [0.4, 0.5) is 0 Å². The molecule has 0 aromatic rings.